The van der Waals surface area contributed by atoms with Crippen LogP contribution in [0.25, 0.3) is 11.6 Å². The van der Waals surface area contributed by atoms with Gasteiger partial charge < -0.3 is 13.9 Å². The average Bonchev–Trinajstić information content (AvgIpc) is 3.32. The normalized spacial score (nSPS) is 10.7. The number of aryl methyl sites for hydroxylation is 1. The summed E-state index contributed by atoms with van der Waals surface area (Å²) in [6.07, 6.45) is 3.19. The highest BCUT2D eigenvalue weighted by molar-refractivity contribution is 7.98. The van der Waals surface area contributed by atoms with Gasteiger partial charge in [-0.1, -0.05) is 0 Å². The van der Waals surface area contributed by atoms with Crippen LogP contribution in [0, 0.1) is 6.92 Å². The molecule has 2 aromatic heterocycles. The molecular formula is C21H17F2N3O6S. The summed E-state index contributed by atoms with van der Waals surface area (Å²) < 4.78 is 38.8. The second-order valence-corrected chi connectivity index (χ2v) is 7.15. The molecule has 172 valence electrons. The van der Waals surface area contributed by atoms with Crippen molar-refractivity contribution in [3.8, 4) is 17.3 Å². The van der Waals surface area contributed by atoms with E-state index in [0.29, 0.717) is 22.3 Å². The van der Waals surface area contributed by atoms with E-state index in [1.165, 1.54) is 30.2 Å². The predicted octanol–water partition coefficient (Wildman–Crippen LogP) is 3.48. The number of nitrogens with zero attached hydrogens (tertiary/aromatic N) is 2. The highest BCUT2D eigenvalue weighted by Gasteiger charge is 2.22. The van der Waals surface area contributed by atoms with Gasteiger partial charge in [0.25, 0.3) is 11.8 Å². The van der Waals surface area contributed by atoms with Crippen molar-refractivity contribution in [3.05, 3.63) is 59.5 Å². The highest BCUT2D eigenvalue weighted by Crippen LogP contribution is 2.25. The Bertz CT molecular complexity index is 1150. The lowest BCUT2D eigenvalue weighted by Crippen LogP contribution is -2.34. The number of hydrogen-bond donors (Lipinski definition) is 1. The molecular weight excluding hydrogens is 460 g/mol. The summed E-state index contributed by atoms with van der Waals surface area (Å²) in [5.41, 5.74) is 0.443. The molecule has 1 aromatic carbocycles. The summed E-state index contributed by atoms with van der Waals surface area (Å²) >= 11 is 1.19. The first kappa shape index (κ1) is 23.9. The topological polar surface area (TPSA) is 121 Å². The predicted molar refractivity (Wildman–Crippen MR) is 112 cm³/mol. The molecule has 0 saturated heterocycles. The molecule has 2 amide bonds. The number of furan rings is 1. The van der Waals surface area contributed by atoms with E-state index < -0.39 is 31.0 Å². The molecule has 0 bridgehead atoms. The van der Waals surface area contributed by atoms with Gasteiger partial charge in [0, 0.05) is 5.56 Å². The van der Waals surface area contributed by atoms with Gasteiger partial charge in [-0.05, 0) is 49.6 Å². The summed E-state index contributed by atoms with van der Waals surface area (Å²) in [4.78, 5) is 45.3. The van der Waals surface area contributed by atoms with Crippen LogP contribution < -0.4 is 10.1 Å². The van der Waals surface area contributed by atoms with Crippen LogP contribution in [0.5, 0.6) is 5.75 Å². The number of thioether (sulfide) groups is 1. The maximum Gasteiger partial charge on any atom is 0.387 e. The molecule has 0 aliphatic carbocycles. The van der Waals surface area contributed by atoms with Gasteiger partial charge in [-0.25, -0.2) is 14.8 Å². The molecule has 3 aromatic rings. The number of imide groups is 1. The van der Waals surface area contributed by atoms with E-state index in [9.17, 15) is 23.2 Å². The van der Waals surface area contributed by atoms with Crippen molar-refractivity contribution in [3.63, 3.8) is 0 Å². The number of amides is 2. The Morgan fingerprint density at radius 1 is 1.15 bits per heavy atom. The fourth-order valence-electron chi connectivity index (χ4n) is 2.67. The molecule has 9 nitrogen and oxygen atoms in total. The molecule has 12 heteroatoms. The van der Waals surface area contributed by atoms with Gasteiger partial charge in [-0.3, -0.25) is 14.9 Å². The zero-order chi connectivity index (χ0) is 24.0. The van der Waals surface area contributed by atoms with Gasteiger partial charge in [0.1, 0.15) is 16.3 Å². The summed E-state index contributed by atoms with van der Waals surface area (Å²) in [5.74, 6) is -1.92. The molecule has 0 aliphatic rings. The Morgan fingerprint density at radius 3 is 2.48 bits per heavy atom. The second kappa shape index (κ2) is 10.7. The summed E-state index contributed by atoms with van der Waals surface area (Å²) in [6, 6.07) is 8.09. The largest absolute Gasteiger partial charge is 0.461 e. The second-order valence-electron chi connectivity index (χ2n) is 6.35. The van der Waals surface area contributed by atoms with Gasteiger partial charge in [-0.2, -0.15) is 8.78 Å². The minimum Gasteiger partial charge on any atom is -0.461 e. The Labute approximate surface area is 190 Å². The Hall–Kier alpha value is -3.80. The lowest BCUT2D eigenvalue weighted by atomic mass is 10.2. The molecule has 0 radical (unpaired) electrons. The van der Waals surface area contributed by atoms with E-state index in [1.54, 1.807) is 25.3 Å². The first-order valence-electron chi connectivity index (χ1n) is 9.31. The fourth-order valence-corrected chi connectivity index (χ4v) is 3.28. The highest BCUT2D eigenvalue weighted by atomic mass is 32.2. The summed E-state index contributed by atoms with van der Waals surface area (Å²) in [6.45, 7) is -2.14. The van der Waals surface area contributed by atoms with E-state index in [2.05, 4.69) is 14.7 Å². The van der Waals surface area contributed by atoms with Crippen molar-refractivity contribution in [1.29, 1.82) is 0 Å². The van der Waals surface area contributed by atoms with Crippen LogP contribution in [0.4, 0.5) is 8.78 Å². The average molecular weight is 477 g/mol. The van der Waals surface area contributed by atoms with E-state index >= 15 is 0 Å². The third-order valence-corrected chi connectivity index (χ3v) is 4.81. The number of halogens is 2. The monoisotopic (exact) mass is 477 g/mol. The number of carbonyl (C=O) groups is 3. The third kappa shape index (κ3) is 6.13. The molecule has 0 saturated carbocycles. The Kier molecular flexibility index (Phi) is 7.72. The number of carbonyl (C=O) groups excluding carboxylic acids is 3. The number of hydrogen-bond acceptors (Lipinski definition) is 9. The molecule has 0 spiro atoms. The van der Waals surface area contributed by atoms with Crippen LogP contribution in [-0.4, -0.2) is 47.2 Å². The lowest BCUT2D eigenvalue weighted by Gasteiger charge is -2.11. The van der Waals surface area contributed by atoms with Crippen molar-refractivity contribution in [2.45, 2.75) is 18.6 Å². The molecule has 0 fully saturated rings. The lowest BCUT2D eigenvalue weighted by molar-refractivity contribution is -0.123. The molecule has 0 unspecified atom stereocenters. The fraction of sp³-hybridized carbons (Fsp3) is 0.190. The SMILES string of the molecule is CSc1nc(-c2ccco2)nc(C)c1C(=O)OCC(=O)NC(=O)c1ccc(OC(F)F)cc1. The van der Waals surface area contributed by atoms with E-state index in [4.69, 9.17) is 9.15 Å². The standard InChI is InChI=1S/C21H17F2N3O6S/c1-11-16(19(33-2)26-17(24-11)14-4-3-9-30-14)20(29)31-10-15(27)25-18(28)12-5-7-13(8-6-12)32-21(22)23/h3-9,21H,10H2,1-2H3,(H,25,27,28). The minimum absolute atomic E-state index is 0.0266. The maximum atomic E-state index is 12.5. The van der Waals surface area contributed by atoms with Crippen molar-refractivity contribution in [1.82, 2.24) is 15.3 Å². The quantitative estimate of drug-likeness (QED) is 0.295. The van der Waals surface area contributed by atoms with Crippen LogP contribution in [0.15, 0.2) is 52.1 Å². The van der Waals surface area contributed by atoms with E-state index in [-0.39, 0.29) is 16.9 Å². The van der Waals surface area contributed by atoms with Crippen LogP contribution in [0.1, 0.15) is 26.4 Å². The van der Waals surface area contributed by atoms with E-state index in [1.807, 2.05) is 5.32 Å². The number of ether oxygens (including phenoxy) is 2. The number of benzene rings is 1. The zero-order valence-corrected chi connectivity index (χ0v) is 18.2. The number of esters is 1. The molecule has 33 heavy (non-hydrogen) atoms. The summed E-state index contributed by atoms with van der Waals surface area (Å²) in [7, 11) is 0. The Morgan fingerprint density at radius 2 is 1.88 bits per heavy atom. The first-order valence-corrected chi connectivity index (χ1v) is 10.5. The van der Waals surface area contributed by atoms with Gasteiger partial charge >= 0.3 is 12.6 Å². The van der Waals surface area contributed by atoms with Crippen molar-refractivity contribution in [2.75, 3.05) is 12.9 Å². The number of rotatable bonds is 8. The van der Waals surface area contributed by atoms with Crippen LogP contribution in [0.3, 0.4) is 0 Å². The van der Waals surface area contributed by atoms with Crippen LogP contribution in [-0.2, 0) is 9.53 Å². The van der Waals surface area contributed by atoms with Gasteiger partial charge in [0.05, 0.1) is 12.0 Å². The van der Waals surface area contributed by atoms with Gasteiger partial charge in [0.15, 0.2) is 18.2 Å². The molecule has 3 rings (SSSR count). The van der Waals surface area contributed by atoms with Gasteiger partial charge in [-0.15, -0.1) is 11.8 Å². The Balaban J connectivity index is 1.61. The van der Waals surface area contributed by atoms with Crippen LogP contribution >= 0.6 is 11.8 Å². The van der Waals surface area contributed by atoms with Crippen molar-refractivity contribution < 1.29 is 37.1 Å². The molecule has 0 atom stereocenters. The van der Waals surface area contributed by atoms with E-state index in [0.717, 1.165) is 12.1 Å². The number of nitrogens with one attached hydrogen (secondary N) is 1. The number of aromatic nitrogens is 2. The summed E-state index contributed by atoms with van der Waals surface area (Å²) in [5, 5.41) is 2.38. The van der Waals surface area contributed by atoms with Crippen molar-refractivity contribution in [2.24, 2.45) is 0 Å². The third-order valence-electron chi connectivity index (χ3n) is 4.12. The molecule has 2 heterocycles. The van der Waals surface area contributed by atoms with Crippen molar-refractivity contribution >= 4 is 29.5 Å². The smallest absolute Gasteiger partial charge is 0.387 e. The molecule has 1 N–H and O–H groups in total. The molecule has 0 aliphatic heterocycles. The van der Waals surface area contributed by atoms with Crippen LogP contribution in [0.2, 0.25) is 0 Å². The van der Waals surface area contributed by atoms with Gasteiger partial charge in [0.2, 0.25) is 0 Å². The maximum absolute atomic E-state index is 12.5. The number of alkyl halides is 2. The minimum atomic E-state index is -3.00. The first-order chi connectivity index (χ1) is 15.8. The zero-order valence-electron chi connectivity index (χ0n) is 17.3.